The normalized spacial score (nSPS) is 49.5. The molecule has 0 bridgehead atoms. The number of fused-ring (bicyclic) bond motifs is 2. The molecule has 4 rings (SSSR count). The van der Waals surface area contributed by atoms with Crippen molar-refractivity contribution < 1.29 is 0 Å². The van der Waals surface area contributed by atoms with Gasteiger partial charge in [0.25, 0.3) is 0 Å². The second-order valence-corrected chi connectivity index (χ2v) is 6.97. The maximum Gasteiger partial charge on any atom is 0.0266 e. The van der Waals surface area contributed by atoms with E-state index in [0.29, 0.717) is 0 Å². The van der Waals surface area contributed by atoms with Crippen molar-refractivity contribution in [2.24, 2.45) is 11.8 Å². The molecule has 4 heterocycles. The van der Waals surface area contributed by atoms with Gasteiger partial charge in [0.2, 0.25) is 0 Å². The van der Waals surface area contributed by atoms with Crippen LogP contribution in [0.4, 0.5) is 0 Å². The fourth-order valence-corrected chi connectivity index (χ4v) is 5.25. The first-order chi connectivity index (χ1) is 8.84. The Hall–Kier alpha value is -0.120. The minimum Gasteiger partial charge on any atom is -0.316 e. The minimum absolute atomic E-state index is 0.817. The summed E-state index contributed by atoms with van der Waals surface area (Å²) in [7, 11) is 0. The van der Waals surface area contributed by atoms with Crippen molar-refractivity contribution >= 4 is 0 Å². The first kappa shape index (κ1) is 11.7. The van der Waals surface area contributed by atoms with Gasteiger partial charge in [0.05, 0.1) is 0 Å². The molecule has 4 fully saturated rings. The van der Waals surface area contributed by atoms with E-state index < -0.39 is 0 Å². The average Bonchev–Trinajstić information content (AvgIpc) is 3.06. The van der Waals surface area contributed by atoms with E-state index in [0.717, 1.165) is 30.0 Å². The van der Waals surface area contributed by atoms with E-state index in [9.17, 15) is 0 Å². The molecular formula is C15H27N3. The molecule has 18 heavy (non-hydrogen) atoms. The van der Waals surface area contributed by atoms with Gasteiger partial charge in [0.15, 0.2) is 0 Å². The highest BCUT2D eigenvalue weighted by Gasteiger charge is 2.48. The predicted octanol–water partition coefficient (Wildman–Crippen LogP) is 1.15. The van der Waals surface area contributed by atoms with Gasteiger partial charge in [-0.3, -0.25) is 9.80 Å². The SMILES string of the molecule is CC1C2CNCC2CN1C1CCN2CCCCC12. The molecule has 4 saturated heterocycles. The number of hydrogen-bond donors (Lipinski definition) is 1. The van der Waals surface area contributed by atoms with Crippen LogP contribution < -0.4 is 5.32 Å². The summed E-state index contributed by atoms with van der Waals surface area (Å²) in [4.78, 5) is 5.68. The number of likely N-dealkylation sites (tertiary alicyclic amines) is 1. The maximum absolute atomic E-state index is 3.59. The summed E-state index contributed by atoms with van der Waals surface area (Å²) in [6.07, 6.45) is 5.80. The second-order valence-electron chi connectivity index (χ2n) is 6.97. The molecule has 4 aliphatic heterocycles. The minimum atomic E-state index is 0.817. The lowest BCUT2D eigenvalue weighted by atomic mass is 9.94. The highest BCUT2D eigenvalue weighted by molar-refractivity contribution is 5.04. The molecule has 5 atom stereocenters. The Morgan fingerprint density at radius 3 is 2.83 bits per heavy atom. The van der Waals surface area contributed by atoms with Gasteiger partial charge in [0.1, 0.15) is 0 Å². The molecule has 0 aromatic carbocycles. The van der Waals surface area contributed by atoms with Crippen molar-refractivity contribution in [2.75, 3.05) is 32.7 Å². The lowest BCUT2D eigenvalue weighted by molar-refractivity contribution is 0.101. The zero-order chi connectivity index (χ0) is 12.1. The third-order valence-corrected chi connectivity index (χ3v) is 6.23. The molecule has 5 unspecified atom stereocenters. The van der Waals surface area contributed by atoms with E-state index in [2.05, 4.69) is 22.0 Å². The smallest absolute Gasteiger partial charge is 0.0266 e. The number of piperidine rings is 1. The molecule has 0 amide bonds. The standard InChI is InChI=1S/C15H27N3/c1-11-13-9-16-8-12(13)10-18(11)15-5-7-17-6-3-2-4-14(15)17/h11-16H,2-10H2,1H3. The number of nitrogens with zero attached hydrogens (tertiary/aromatic N) is 2. The Labute approximate surface area is 111 Å². The van der Waals surface area contributed by atoms with Crippen LogP contribution in [0.3, 0.4) is 0 Å². The monoisotopic (exact) mass is 249 g/mol. The Morgan fingerprint density at radius 1 is 1.00 bits per heavy atom. The maximum atomic E-state index is 3.59. The van der Waals surface area contributed by atoms with Crippen molar-refractivity contribution in [3.8, 4) is 0 Å². The largest absolute Gasteiger partial charge is 0.316 e. The quantitative estimate of drug-likeness (QED) is 0.752. The number of nitrogens with one attached hydrogen (secondary N) is 1. The average molecular weight is 249 g/mol. The van der Waals surface area contributed by atoms with Crippen molar-refractivity contribution in [1.29, 1.82) is 0 Å². The number of hydrogen-bond acceptors (Lipinski definition) is 3. The first-order valence-corrected chi connectivity index (χ1v) is 8.05. The van der Waals surface area contributed by atoms with E-state index in [1.807, 2.05) is 0 Å². The molecule has 0 saturated carbocycles. The summed E-state index contributed by atoms with van der Waals surface area (Å²) >= 11 is 0. The number of rotatable bonds is 1. The molecule has 3 nitrogen and oxygen atoms in total. The Balaban J connectivity index is 1.50. The lowest BCUT2D eigenvalue weighted by Crippen LogP contribution is -2.49. The molecule has 102 valence electrons. The van der Waals surface area contributed by atoms with Crippen LogP contribution in [0, 0.1) is 11.8 Å². The van der Waals surface area contributed by atoms with Gasteiger partial charge in [-0.15, -0.1) is 0 Å². The van der Waals surface area contributed by atoms with Crippen LogP contribution in [0.1, 0.15) is 32.6 Å². The van der Waals surface area contributed by atoms with E-state index in [-0.39, 0.29) is 0 Å². The third kappa shape index (κ3) is 1.67. The van der Waals surface area contributed by atoms with Crippen molar-refractivity contribution in [3.05, 3.63) is 0 Å². The zero-order valence-corrected chi connectivity index (χ0v) is 11.6. The second kappa shape index (κ2) is 4.46. The fourth-order valence-electron chi connectivity index (χ4n) is 5.25. The molecule has 0 spiro atoms. The van der Waals surface area contributed by atoms with Gasteiger partial charge in [-0.05, 0) is 57.7 Å². The highest BCUT2D eigenvalue weighted by Crippen LogP contribution is 2.39. The summed E-state index contributed by atoms with van der Waals surface area (Å²) in [6, 6.07) is 2.59. The molecule has 3 heteroatoms. The van der Waals surface area contributed by atoms with E-state index in [1.54, 1.807) is 0 Å². The van der Waals surface area contributed by atoms with Gasteiger partial charge < -0.3 is 5.32 Å². The summed E-state index contributed by atoms with van der Waals surface area (Å²) in [6.45, 7) is 9.14. The third-order valence-electron chi connectivity index (χ3n) is 6.23. The zero-order valence-electron chi connectivity index (χ0n) is 11.6. The first-order valence-electron chi connectivity index (χ1n) is 8.05. The van der Waals surface area contributed by atoms with Crippen LogP contribution in [-0.4, -0.2) is 60.6 Å². The summed E-state index contributed by atoms with van der Waals surface area (Å²) in [5.74, 6) is 1.88. The van der Waals surface area contributed by atoms with Gasteiger partial charge in [-0.25, -0.2) is 0 Å². The van der Waals surface area contributed by atoms with Crippen molar-refractivity contribution in [2.45, 2.75) is 50.7 Å². The van der Waals surface area contributed by atoms with Crippen molar-refractivity contribution in [1.82, 2.24) is 15.1 Å². The van der Waals surface area contributed by atoms with E-state index in [1.165, 1.54) is 58.4 Å². The topological polar surface area (TPSA) is 18.5 Å². The molecular weight excluding hydrogens is 222 g/mol. The Bertz CT molecular complexity index is 319. The van der Waals surface area contributed by atoms with Crippen LogP contribution >= 0.6 is 0 Å². The highest BCUT2D eigenvalue weighted by atomic mass is 15.3. The van der Waals surface area contributed by atoms with Crippen LogP contribution in [0.5, 0.6) is 0 Å². The van der Waals surface area contributed by atoms with Crippen LogP contribution in [0.15, 0.2) is 0 Å². The summed E-state index contributed by atoms with van der Waals surface area (Å²) < 4.78 is 0. The Kier molecular flexibility index (Phi) is 2.90. The van der Waals surface area contributed by atoms with E-state index >= 15 is 0 Å². The molecule has 0 radical (unpaired) electrons. The summed E-state index contributed by atoms with van der Waals surface area (Å²) in [5.41, 5.74) is 0. The molecule has 0 aliphatic carbocycles. The Morgan fingerprint density at radius 2 is 1.94 bits per heavy atom. The molecule has 0 aromatic heterocycles. The van der Waals surface area contributed by atoms with Gasteiger partial charge in [-0.1, -0.05) is 6.42 Å². The van der Waals surface area contributed by atoms with Crippen LogP contribution in [0.25, 0.3) is 0 Å². The van der Waals surface area contributed by atoms with Gasteiger partial charge in [-0.2, -0.15) is 0 Å². The lowest BCUT2D eigenvalue weighted by Gasteiger charge is -2.38. The molecule has 4 aliphatic rings. The van der Waals surface area contributed by atoms with Crippen molar-refractivity contribution in [3.63, 3.8) is 0 Å². The predicted molar refractivity (Wildman–Crippen MR) is 73.6 cm³/mol. The molecule has 1 N–H and O–H groups in total. The fraction of sp³-hybridized carbons (Fsp3) is 1.00. The van der Waals surface area contributed by atoms with E-state index in [4.69, 9.17) is 0 Å². The van der Waals surface area contributed by atoms with Gasteiger partial charge >= 0.3 is 0 Å². The van der Waals surface area contributed by atoms with Crippen LogP contribution in [-0.2, 0) is 0 Å². The summed E-state index contributed by atoms with van der Waals surface area (Å²) in [5, 5.41) is 3.59. The van der Waals surface area contributed by atoms with Crippen LogP contribution in [0.2, 0.25) is 0 Å². The molecule has 0 aromatic rings. The van der Waals surface area contributed by atoms with Gasteiger partial charge in [0, 0.05) is 31.2 Å².